The van der Waals surface area contributed by atoms with Crippen molar-refractivity contribution < 1.29 is 31.1 Å². The first-order valence-corrected chi connectivity index (χ1v) is 10.8. The minimum atomic E-state index is -5.06. The van der Waals surface area contributed by atoms with E-state index in [0.717, 1.165) is 16.2 Å². The molecule has 0 N–H and O–H groups in total. The summed E-state index contributed by atoms with van der Waals surface area (Å²) in [4.78, 5) is 20.5. The van der Waals surface area contributed by atoms with Crippen LogP contribution in [0.25, 0.3) is 10.2 Å². The molecule has 1 aromatic heterocycles. The van der Waals surface area contributed by atoms with Gasteiger partial charge in [0.1, 0.15) is 0 Å². The average molecular weight is 510 g/mol. The number of hydrogen-bond acceptors (Lipinski definition) is 4. The number of fused-ring (bicyclic) bond motifs is 1. The van der Waals surface area contributed by atoms with Crippen molar-refractivity contribution in [2.75, 3.05) is 32.1 Å². The lowest BCUT2D eigenvalue weighted by Gasteiger charge is -2.22. The van der Waals surface area contributed by atoms with Gasteiger partial charge in [0.05, 0.1) is 21.3 Å². The summed E-state index contributed by atoms with van der Waals surface area (Å²) in [6.07, 6.45) is -9.70. The molecule has 0 radical (unpaired) electrons. The van der Waals surface area contributed by atoms with Crippen molar-refractivity contribution in [3.05, 3.63) is 58.1 Å². The van der Waals surface area contributed by atoms with Crippen molar-refractivity contribution in [1.29, 1.82) is 0 Å². The first-order valence-electron chi connectivity index (χ1n) is 9.58. The zero-order chi connectivity index (χ0) is 24.6. The van der Waals surface area contributed by atoms with Crippen molar-refractivity contribution in [2.45, 2.75) is 18.8 Å². The highest BCUT2D eigenvalue weighted by Crippen LogP contribution is 2.37. The van der Waals surface area contributed by atoms with Crippen molar-refractivity contribution in [3.63, 3.8) is 0 Å². The minimum Gasteiger partial charge on any atom is -0.309 e. The molecule has 4 nitrogen and oxygen atoms in total. The Bertz CT molecular complexity index is 1130. The molecule has 0 bridgehead atoms. The number of rotatable bonds is 6. The maximum atomic E-state index is 13.3. The Morgan fingerprint density at radius 3 is 2.12 bits per heavy atom. The number of halogens is 7. The summed E-state index contributed by atoms with van der Waals surface area (Å²) < 4.78 is 80.3. The Labute approximate surface area is 194 Å². The van der Waals surface area contributed by atoms with Crippen molar-refractivity contribution >= 4 is 44.2 Å². The van der Waals surface area contributed by atoms with Crippen LogP contribution in [0.2, 0.25) is 5.02 Å². The highest BCUT2D eigenvalue weighted by Gasteiger charge is 2.38. The van der Waals surface area contributed by atoms with Crippen LogP contribution in [-0.4, -0.2) is 43.0 Å². The second-order valence-corrected chi connectivity index (χ2v) is 8.96. The van der Waals surface area contributed by atoms with Crippen LogP contribution in [0.3, 0.4) is 0 Å². The molecule has 178 valence electrons. The molecule has 1 amide bonds. The number of carbonyl (C=O) groups is 1. The lowest BCUT2D eigenvalue weighted by atomic mass is 10.0. The number of amides is 1. The molecule has 2 aromatic carbocycles. The molecule has 3 aromatic rings. The summed E-state index contributed by atoms with van der Waals surface area (Å²) in [6.45, 7) is 0.582. The quantitative estimate of drug-likeness (QED) is 0.352. The van der Waals surface area contributed by atoms with Gasteiger partial charge < -0.3 is 4.90 Å². The average Bonchev–Trinajstić information content (AvgIpc) is 3.11. The van der Waals surface area contributed by atoms with Crippen LogP contribution >= 0.6 is 22.9 Å². The summed E-state index contributed by atoms with van der Waals surface area (Å²) in [5, 5.41) is 0.581. The van der Waals surface area contributed by atoms with Gasteiger partial charge in [0.15, 0.2) is 5.13 Å². The first kappa shape index (κ1) is 25.3. The normalized spacial score (nSPS) is 12.5. The van der Waals surface area contributed by atoms with E-state index < -0.39 is 35.0 Å². The fraction of sp³-hybridized carbons (Fsp3) is 0.333. The van der Waals surface area contributed by atoms with Crippen LogP contribution in [0.5, 0.6) is 0 Å². The summed E-state index contributed by atoms with van der Waals surface area (Å²) in [7, 11) is 3.60. The number of thiazole rings is 1. The van der Waals surface area contributed by atoms with E-state index >= 15 is 0 Å². The minimum absolute atomic E-state index is 0.00709. The van der Waals surface area contributed by atoms with E-state index in [1.165, 1.54) is 0 Å². The maximum absolute atomic E-state index is 13.3. The fourth-order valence-corrected chi connectivity index (χ4v) is 4.33. The predicted molar refractivity (Wildman–Crippen MR) is 116 cm³/mol. The van der Waals surface area contributed by atoms with E-state index in [1.807, 2.05) is 4.90 Å². The van der Waals surface area contributed by atoms with Gasteiger partial charge in [-0.3, -0.25) is 9.69 Å². The summed E-state index contributed by atoms with van der Waals surface area (Å²) in [6, 6.07) is 5.68. The molecule has 33 heavy (non-hydrogen) atoms. The monoisotopic (exact) mass is 509 g/mol. The Morgan fingerprint density at radius 1 is 0.970 bits per heavy atom. The molecule has 0 saturated carbocycles. The Hall–Kier alpha value is -2.37. The molecule has 0 saturated heterocycles. The Kier molecular flexibility index (Phi) is 7.25. The second-order valence-electron chi connectivity index (χ2n) is 7.52. The largest absolute Gasteiger partial charge is 0.416 e. The molecule has 12 heteroatoms. The third-order valence-corrected chi connectivity index (χ3v) is 5.91. The SMILES string of the molecule is CN(C)CCCN(C(=O)c1cc(C(F)(F)F)cc(C(F)(F)F)c1)c1nc2ccc(Cl)cc2s1. The number of aromatic nitrogens is 1. The molecule has 0 aliphatic rings. The molecule has 1 heterocycles. The van der Waals surface area contributed by atoms with Gasteiger partial charge in [0, 0.05) is 17.1 Å². The van der Waals surface area contributed by atoms with Crippen molar-refractivity contribution in [3.8, 4) is 0 Å². The molecule has 0 aliphatic heterocycles. The summed E-state index contributed by atoms with van der Waals surface area (Å²) >= 11 is 7.06. The van der Waals surface area contributed by atoms with E-state index in [-0.39, 0.29) is 17.7 Å². The third kappa shape index (κ3) is 6.15. The molecule has 0 fully saturated rings. The number of carbonyl (C=O) groups excluding carboxylic acids is 1. The van der Waals surface area contributed by atoms with Crippen LogP contribution in [0.4, 0.5) is 31.5 Å². The van der Waals surface area contributed by atoms with Gasteiger partial charge in [-0.15, -0.1) is 0 Å². The van der Waals surface area contributed by atoms with Gasteiger partial charge in [-0.25, -0.2) is 4.98 Å². The molecule has 3 rings (SSSR count). The van der Waals surface area contributed by atoms with Gasteiger partial charge in [0.25, 0.3) is 5.91 Å². The third-order valence-electron chi connectivity index (χ3n) is 4.64. The van der Waals surface area contributed by atoms with Crippen LogP contribution in [-0.2, 0) is 12.4 Å². The standard InChI is InChI=1S/C21H18ClF6N3OS/c1-30(2)6-3-7-31(19-29-16-5-4-15(22)11-17(16)33-19)18(32)12-8-13(20(23,24)25)10-14(9-12)21(26,27)28/h4-5,8-11H,3,6-7H2,1-2H3. The highest BCUT2D eigenvalue weighted by atomic mass is 35.5. The van der Waals surface area contributed by atoms with E-state index in [1.54, 1.807) is 32.3 Å². The number of anilines is 1. The van der Waals surface area contributed by atoms with Crippen LogP contribution < -0.4 is 4.90 Å². The van der Waals surface area contributed by atoms with Crippen molar-refractivity contribution in [1.82, 2.24) is 9.88 Å². The number of benzene rings is 2. The van der Waals surface area contributed by atoms with Crippen LogP contribution in [0.1, 0.15) is 27.9 Å². The topological polar surface area (TPSA) is 36.4 Å². The lowest BCUT2D eigenvalue weighted by Crippen LogP contribution is -2.34. The van der Waals surface area contributed by atoms with E-state index in [4.69, 9.17) is 11.6 Å². The number of nitrogens with zero attached hydrogens (tertiary/aromatic N) is 3. The molecule has 0 spiro atoms. The molecule has 0 unspecified atom stereocenters. The van der Waals surface area contributed by atoms with E-state index in [9.17, 15) is 31.1 Å². The molecule has 0 atom stereocenters. The Morgan fingerprint density at radius 2 is 1.58 bits per heavy atom. The van der Waals surface area contributed by atoms with E-state index in [2.05, 4.69) is 4.98 Å². The fourth-order valence-electron chi connectivity index (χ4n) is 3.07. The van der Waals surface area contributed by atoms with Gasteiger partial charge in [0.2, 0.25) is 0 Å². The zero-order valence-corrected chi connectivity index (χ0v) is 19.0. The summed E-state index contributed by atoms with van der Waals surface area (Å²) in [5.74, 6) is -1.00. The Balaban J connectivity index is 2.08. The number of hydrogen-bond donors (Lipinski definition) is 0. The molecular weight excluding hydrogens is 492 g/mol. The van der Waals surface area contributed by atoms with Crippen molar-refractivity contribution in [2.24, 2.45) is 0 Å². The maximum Gasteiger partial charge on any atom is 0.416 e. The van der Waals surface area contributed by atoms with E-state index in [0.29, 0.717) is 40.3 Å². The van der Waals surface area contributed by atoms with Crippen LogP contribution in [0.15, 0.2) is 36.4 Å². The highest BCUT2D eigenvalue weighted by molar-refractivity contribution is 7.22. The van der Waals surface area contributed by atoms with Gasteiger partial charge in [-0.05, 0) is 63.5 Å². The predicted octanol–water partition coefficient (Wildman–Crippen LogP) is 6.59. The van der Waals surface area contributed by atoms with Gasteiger partial charge in [-0.2, -0.15) is 26.3 Å². The zero-order valence-electron chi connectivity index (χ0n) is 17.4. The van der Waals surface area contributed by atoms with Crippen LogP contribution in [0, 0.1) is 0 Å². The van der Waals surface area contributed by atoms with Gasteiger partial charge >= 0.3 is 12.4 Å². The molecule has 0 aliphatic carbocycles. The van der Waals surface area contributed by atoms with Gasteiger partial charge in [-0.1, -0.05) is 22.9 Å². The lowest BCUT2D eigenvalue weighted by molar-refractivity contribution is -0.143. The number of alkyl halides is 6. The summed E-state index contributed by atoms with van der Waals surface area (Å²) in [5.41, 5.74) is -3.32. The second kappa shape index (κ2) is 9.47. The smallest absolute Gasteiger partial charge is 0.309 e. The first-order chi connectivity index (χ1) is 15.3. The molecular formula is C21H18ClF6N3OS.